The molecule has 0 fully saturated rings. The Labute approximate surface area is 95.0 Å². The van der Waals surface area contributed by atoms with Gasteiger partial charge in [0.25, 0.3) is 0 Å². The van der Waals surface area contributed by atoms with Crippen molar-refractivity contribution in [3.63, 3.8) is 0 Å². The van der Waals surface area contributed by atoms with Gasteiger partial charge in [0.2, 0.25) is 5.89 Å². The zero-order chi connectivity index (χ0) is 9.97. The van der Waals surface area contributed by atoms with Crippen LogP contribution in [0.3, 0.4) is 0 Å². The normalized spacial score (nSPS) is 10.4. The Balaban J connectivity index is 2.34. The highest BCUT2D eigenvalue weighted by atomic mass is 79.9. The fourth-order valence-corrected chi connectivity index (χ4v) is 1.50. The van der Waals surface area contributed by atoms with Gasteiger partial charge in [0.05, 0.1) is 11.5 Å². The van der Waals surface area contributed by atoms with E-state index in [0.717, 1.165) is 11.3 Å². The largest absolute Gasteiger partial charge is 0.440 e. The number of halogens is 2. The predicted molar refractivity (Wildman–Crippen MR) is 59.6 cm³/mol. The minimum Gasteiger partial charge on any atom is -0.440 e. The number of nitrogens with zero attached hydrogens (tertiary/aromatic N) is 1. The fraction of sp³-hybridized carbons (Fsp3) is 0.100. The van der Waals surface area contributed by atoms with Gasteiger partial charge in [-0.05, 0) is 24.3 Å². The maximum Gasteiger partial charge on any atom is 0.205 e. The molecule has 1 aromatic heterocycles. The van der Waals surface area contributed by atoms with E-state index in [4.69, 9.17) is 16.0 Å². The van der Waals surface area contributed by atoms with E-state index in [1.165, 1.54) is 0 Å². The third-order valence-electron chi connectivity index (χ3n) is 1.80. The highest BCUT2D eigenvalue weighted by Crippen LogP contribution is 2.22. The first-order chi connectivity index (χ1) is 6.79. The molecule has 0 aliphatic heterocycles. The average Bonchev–Trinajstić information content (AvgIpc) is 2.67. The van der Waals surface area contributed by atoms with Crippen molar-refractivity contribution in [2.75, 3.05) is 0 Å². The van der Waals surface area contributed by atoms with Gasteiger partial charge in [0.1, 0.15) is 0 Å². The van der Waals surface area contributed by atoms with Gasteiger partial charge < -0.3 is 4.42 Å². The van der Waals surface area contributed by atoms with Crippen molar-refractivity contribution in [2.24, 2.45) is 0 Å². The Bertz CT molecular complexity index is 424. The molecule has 0 aliphatic carbocycles. The van der Waals surface area contributed by atoms with Crippen LogP contribution in [0.5, 0.6) is 0 Å². The van der Waals surface area contributed by atoms with E-state index in [-0.39, 0.29) is 0 Å². The molecular weight excluding hydrogens is 265 g/mol. The number of hydrogen-bond acceptors (Lipinski definition) is 2. The van der Waals surface area contributed by atoms with Gasteiger partial charge in [0, 0.05) is 10.6 Å². The Hall–Kier alpha value is -0.800. The molecule has 0 spiro atoms. The van der Waals surface area contributed by atoms with Crippen LogP contribution in [0.2, 0.25) is 5.02 Å². The van der Waals surface area contributed by atoms with Crippen LogP contribution in [-0.4, -0.2) is 4.98 Å². The quantitative estimate of drug-likeness (QED) is 0.775. The van der Waals surface area contributed by atoms with Gasteiger partial charge in [-0.25, -0.2) is 4.98 Å². The first-order valence-corrected chi connectivity index (χ1v) is 5.56. The molecule has 2 rings (SSSR count). The van der Waals surface area contributed by atoms with E-state index in [0.29, 0.717) is 16.2 Å². The van der Waals surface area contributed by atoms with Crippen LogP contribution in [0.1, 0.15) is 5.89 Å². The van der Waals surface area contributed by atoms with Crippen molar-refractivity contribution in [3.05, 3.63) is 41.4 Å². The predicted octanol–water partition coefficient (Wildman–Crippen LogP) is 3.89. The van der Waals surface area contributed by atoms with Crippen molar-refractivity contribution < 1.29 is 4.42 Å². The molecule has 0 atom stereocenters. The molecule has 0 saturated carbocycles. The summed E-state index contributed by atoms with van der Waals surface area (Å²) in [6.07, 6.45) is 1.71. The summed E-state index contributed by atoms with van der Waals surface area (Å²) in [5.41, 5.74) is 0.981. The van der Waals surface area contributed by atoms with Crippen molar-refractivity contribution in [1.82, 2.24) is 4.98 Å². The van der Waals surface area contributed by atoms with Crippen molar-refractivity contribution in [2.45, 2.75) is 5.33 Å². The summed E-state index contributed by atoms with van der Waals surface area (Å²) in [5, 5.41) is 1.34. The minimum atomic E-state index is 0.626. The standard InChI is InChI=1S/C10H7BrClNO/c11-5-10-13-6-9(14-10)7-1-3-8(12)4-2-7/h1-4,6H,5H2. The van der Waals surface area contributed by atoms with Gasteiger partial charge in [-0.1, -0.05) is 27.5 Å². The van der Waals surface area contributed by atoms with Crippen LogP contribution < -0.4 is 0 Å². The molecule has 2 aromatic rings. The maximum atomic E-state index is 5.78. The molecule has 1 aromatic carbocycles. The van der Waals surface area contributed by atoms with Crippen molar-refractivity contribution in [3.8, 4) is 11.3 Å². The monoisotopic (exact) mass is 271 g/mol. The van der Waals surface area contributed by atoms with Crippen LogP contribution >= 0.6 is 27.5 Å². The van der Waals surface area contributed by atoms with E-state index in [1.54, 1.807) is 6.20 Å². The maximum absolute atomic E-state index is 5.78. The lowest BCUT2D eigenvalue weighted by atomic mass is 10.2. The lowest BCUT2D eigenvalue weighted by molar-refractivity contribution is 0.531. The van der Waals surface area contributed by atoms with E-state index in [9.17, 15) is 0 Å². The Kier molecular flexibility index (Phi) is 2.89. The second-order valence-electron chi connectivity index (χ2n) is 2.76. The molecule has 0 N–H and O–H groups in total. The number of alkyl halides is 1. The number of hydrogen-bond donors (Lipinski definition) is 0. The lowest BCUT2D eigenvalue weighted by Crippen LogP contribution is -1.72. The van der Waals surface area contributed by atoms with Gasteiger partial charge in [-0.15, -0.1) is 0 Å². The summed E-state index contributed by atoms with van der Waals surface area (Å²) in [5.74, 6) is 1.44. The van der Waals surface area contributed by atoms with E-state index in [1.807, 2.05) is 24.3 Å². The van der Waals surface area contributed by atoms with E-state index in [2.05, 4.69) is 20.9 Å². The lowest BCUT2D eigenvalue weighted by Gasteiger charge is -1.95. The first kappa shape index (κ1) is 9.74. The van der Waals surface area contributed by atoms with Crippen LogP contribution in [0.4, 0.5) is 0 Å². The summed E-state index contributed by atoms with van der Waals surface area (Å²) in [6.45, 7) is 0. The first-order valence-electron chi connectivity index (χ1n) is 4.06. The molecule has 4 heteroatoms. The zero-order valence-corrected chi connectivity index (χ0v) is 9.55. The Morgan fingerprint density at radius 3 is 2.57 bits per heavy atom. The Morgan fingerprint density at radius 1 is 1.29 bits per heavy atom. The van der Waals surface area contributed by atoms with Crippen molar-refractivity contribution >= 4 is 27.5 Å². The smallest absolute Gasteiger partial charge is 0.205 e. The second kappa shape index (κ2) is 4.15. The molecule has 0 amide bonds. The molecule has 1 heterocycles. The average molecular weight is 273 g/mol. The van der Waals surface area contributed by atoms with Crippen LogP contribution in [0.25, 0.3) is 11.3 Å². The number of oxazole rings is 1. The van der Waals surface area contributed by atoms with Crippen LogP contribution in [0.15, 0.2) is 34.9 Å². The SMILES string of the molecule is Clc1ccc(-c2cnc(CBr)o2)cc1. The van der Waals surface area contributed by atoms with Gasteiger partial charge in [-0.3, -0.25) is 0 Å². The summed E-state index contributed by atoms with van der Waals surface area (Å²) in [7, 11) is 0. The highest BCUT2D eigenvalue weighted by Gasteiger charge is 2.04. The molecule has 0 unspecified atom stereocenters. The molecule has 14 heavy (non-hydrogen) atoms. The van der Waals surface area contributed by atoms with Crippen LogP contribution in [0, 0.1) is 0 Å². The molecule has 0 radical (unpaired) electrons. The zero-order valence-electron chi connectivity index (χ0n) is 7.21. The number of rotatable bonds is 2. The van der Waals surface area contributed by atoms with Gasteiger partial charge >= 0.3 is 0 Å². The summed E-state index contributed by atoms with van der Waals surface area (Å²) < 4.78 is 5.46. The third-order valence-corrected chi connectivity index (χ3v) is 2.53. The summed E-state index contributed by atoms with van der Waals surface area (Å²) in [4.78, 5) is 4.09. The van der Waals surface area contributed by atoms with Gasteiger partial charge in [0.15, 0.2) is 5.76 Å². The van der Waals surface area contributed by atoms with Gasteiger partial charge in [-0.2, -0.15) is 0 Å². The van der Waals surface area contributed by atoms with E-state index < -0.39 is 0 Å². The Morgan fingerprint density at radius 2 is 2.00 bits per heavy atom. The highest BCUT2D eigenvalue weighted by molar-refractivity contribution is 9.08. The summed E-state index contributed by atoms with van der Waals surface area (Å²) in [6, 6.07) is 7.46. The molecule has 0 aliphatic rings. The topological polar surface area (TPSA) is 26.0 Å². The third kappa shape index (κ3) is 1.99. The molecule has 72 valence electrons. The molecule has 0 bridgehead atoms. The number of aromatic nitrogens is 1. The number of benzene rings is 1. The second-order valence-corrected chi connectivity index (χ2v) is 3.76. The molecule has 2 nitrogen and oxygen atoms in total. The van der Waals surface area contributed by atoms with Crippen molar-refractivity contribution in [1.29, 1.82) is 0 Å². The summed E-state index contributed by atoms with van der Waals surface area (Å²) >= 11 is 9.06. The van der Waals surface area contributed by atoms with E-state index >= 15 is 0 Å². The molecular formula is C10H7BrClNO. The minimum absolute atomic E-state index is 0.626. The fourth-order valence-electron chi connectivity index (χ4n) is 1.12. The molecule has 0 saturated heterocycles. The van der Waals surface area contributed by atoms with Crippen LogP contribution in [-0.2, 0) is 5.33 Å².